The summed E-state index contributed by atoms with van der Waals surface area (Å²) in [6.45, 7) is 2.57. The van der Waals surface area contributed by atoms with Crippen molar-refractivity contribution in [2.24, 2.45) is 0 Å². The van der Waals surface area contributed by atoms with Crippen LogP contribution in [0.5, 0.6) is 0 Å². The number of hydrogen-bond donors (Lipinski definition) is 1. The molecule has 0 aliphatic carbocycles. The van der Waals surface area contributed by atoms with Crippen LogP contribution in [0.25, 0.3) is 0 Å². The van der Waals surface area contributed by atoms with Gasteiger partial charge in [-0.3, -0.25) is 9.78 Å². The summed E-state index contributed by atoms with van der Waals surface area (Å²) < 4.78 is 1.69. The van der Waals surface area contributed by atoms with Gasteiger partial charge >= 0.3 is 5.97 Å². The van der Waals surface area contributed by atoms with Crippen molar-refractivity contribution in [2.75, 3.05) is 0 Å². The second-order valence-electron chi connectivity index (χ2n) is 4.17. The van der Waals surface area contributed by atoms with E-state index >= 15 is 0 Å². The number of aliphatic carboxylic acids is 1. The fourth-order valence-electron chi connectivity index (χ4n) is 1.66. The summed E-state index contributed by atoms with van der Waals surface area (Å²) in [7, 11) is 0. The van der Waals surface area contributed by atoms with Crippen molar-refractivity contribution < 1.29 is 9.90 Å². The van der Waals surface area contributed by atoms with Gasteiger partial charge in [0.1, 0.15) is 0 Å². The second kappa shape index (κ2) is 5.39. The average molecular weight is 246 g/mol. The molecule has 0 saturated carbocycles. The molecule has 0 radical (unpaired) electrons. The Labute approximate surface area is 104 Å². The molecular formula is C12H14N4O2. The van der Waals surface area contributed by atoms with E-state index in [1.807, 2.05) is 13.0 Å². The zero-order valence-electron chi connectivity index (χ0n) is 10.1. The number of aryl methyl sites for hydroxylation is 2. The Morgan fingerprint density at radius 2 is 2.28 bits per heavy atom. The van der Waals surface area contributed by atoms with E-state index in [9.17, 15) is 4.79 Å². The van der Waals surface area contributed by atoms with Gasteiger partial charge in [-0.15, -0.1) is 5.10 Å². The molecule has 2 heterocycles. The normalized spacial score (nSPS) is 10.5. The van der Waals surface area contributed by atoms with Crippen LogP contribution in [-0.4, -0.2) is 31.1 Å². The number of nitrogens with zero attached hydrogens (tertiary/aromatic N) is 4. The highest BCUT2D eigenvalue weighted by atomic mass is 16.4. The minimum absolute atomic E-state index is 0.0741. The van der Waals surface area contributed by atoms with Gasteiger partial charge in [-0.1, -0.05) is 11.3 Å². The van der Waals surface area contributed by atoms with Crippen LogP contribution in [0.4, 0.5) is 0 Å². The number of carboxylic acids is 1. The van der Waals surface area contributed by atoms with Crippen molar-refractivity contribution in [3.05, 3.63) is 41.5 Å². The smallest absolute Gasteiger partial charge is 0.303 e. The maximum Gasteiger partial charge on any atom is 0.303 e. The van der Waals surface area contributed by atoms with E-state index in [-0.39, 0.29) is 6.42 Å². The summed E-state index contributed by atoms with van der Waals surface area (Å²) in [6, 6.07) is 2.03. The third kappa shape index (κ3) is 3.38. The third-order valence-corrected chi connectivity index (χ3v) is 2.46. The fourth-order valence-corrected chi connectivity index (χ4v) is 1.66. The predicted octanol–water partition coefficient (Wildman–Crippen LogP) is 1.05. The lowest BCUT2D eigenvalue weighted by molar-refractivity contribution is -0.136. The molecule has 2 rings (SSSR count). The van der Waals surface area contributed by atoms with E-state index in [0.29, 0.717) is 18.7 Å². The lowest BCUT2D eigenvalue weighted by Gasteiger charge is -2.00. The number of hydrogen-bond acceptors (Lipinski definition) is 4. The second-order valence-corrected chi connectivity index (χ2v) is 4.17. The minimum Gasteiger partial charge on any atom is -0.481 e. The standard InChI is InChI=1S/C12H14N4O2/c1-9-4-10(6-13-5-9)7-16-8-11(14-15-16)2-3-12(17)18/h4-6,8H,2-3,7H2,1H3,(H,17,18). The van der Waals surface area contributed by atoms with Crippen molar-refractivity contribution in [1.82, 2.24) is 20.0 Å². The molecule has 18 heavy (non-hydrogen) atoms. The number of carbonyl (C=O) groups is 1. The molecule has 1 N–H and O–H groups in total. The third-order valence-electron chi connectivity index (χ3n) is 2.46. The highest BCUT2D eigenvalue weighted by Crippen LogP contribution is 2.05. The van der Waals surface area contributed by atoms with Gasteiger partial charge in [-0.2, -0.15) is 0 Å². The van der Waals surface area contributed by atoms with Crippen molar-refractivity contribution in [3.8, 4) is 0 Å². The first-order chi connectivity index (χ1) is 8.63. The molecule has 0 spiro atoms. The average Bonchev–Trinajstić information content (AvgIpc) is 2.74. The van der Waals surface area contributed by atoms with Crippen molar-refractivity contribution >= 4 is 5.97 Å². The largest absolute Gasteiger partial charge is 0.481 e. The molecule has 6 nitrogen and oxygen atoms in total. The summed E-state index contributed by atoms with van der Waals surface area (Å²) in [6.07, 6.45) is 5.83. The van der Waals surface area contributed by atoms with Gasteiger partial charge in [0.05, 0.1) is 18.7 Å². The molecule has 2 aromatic rings. The van der Waals surface area contributed by atoms with Crippen molar-refractivity contribution in [1.29, 1.82) is 0 Å². The lowest BCUT2D eigenvalue weighted by atomic mass is 10.2. The van der Waals surface area contributed by atoms with E-state index in [1.165, 1.54) is 0 Å². The first-order valence-corrected chi connectivity index (χ1v) is 5.65. The highest BCUT2D eigenvalue weighted by Gasteiger charge is 2.04. The highest BCUT2D eigenvalue weighted by molar-refractivity contribution is 5.66. The molecule has 94 valence electrons. The first-order valence-electron chi connectivity index (χ1n) is 5.65. The maximum atomic E-state index is 10.4. The van der Waals surface area contributed by atoms with Crippen LogP contribution in [0.3, 0.4) is 0 Å². The van der Waals surface area contributed by atoms with Crippen molar-refractivity contribution in [2.45, 2.75) is 26.3 Å². The predicted molar refractivity (Wildman–Crippen MR) is 64.1 cm³/mol. The SMILES string of the molecule is Cc1cncc(Cn2cc(CCC(=O)O)nn2)c1. The Morgan fingerprint density at radius 3 is 3.00 bits per heavy atom. The number of aromatic nitrogens is 4. The summed E-state index contributed by atoms with van der Waals surface area (Å²) in [5.74, 6) is -0.826. The molecule has 0 bridgehead atoms. The molecule has 0 saturated heterocycles. The molecule has 0 atom stereocenters. The summed E-state index contributed by atoms with van der Waals surface area (Å²) in [5, 5.41) is 16.5. The van der Waals surface area contributed by atoms with Crippen LogP contribution >= 0.6 is 0 Å². The van der Waals surface area contributed by atoms with Crippen LogP contribution in [0.1, 0.15) is 23.2 Å². The van der Waals surface area contributed by atoms with Crippen LogP contribution < -0.4 is 0 Å². The molecular weight excluding hydrogens is 232 g/mol. The fraction of sp³-hybridized carbons (Fsp3) is 0.333. The van der Waals surface area contributed by atoms with Gasteiger partial charge in [-0.05, 0) is 18.1 Å². The molecule has 0 aliphatic heterocycles. The molecule has 0 amide bonds. The number of carboxylic acid groups (broad SMARTS) is 1. The van der Waals surface area contributed by atoms with Gasteiger partial charge in [0.2, 0.25) is 0 Å². The van der Waals surface area contributed by atoms with Crippen LogP contribution in [0.15, 0.2) is 24.7 Å². The summed E-state index contributed by atoms with van der Waals surface area (Å²) in [5.41, 5.74) is 2.83. The molecule has 0 aliphatic rings. The first kappa shape index (κ1) is 12.2. The Balaban J connectivity index is 2.00. The molecule has 6 heteroatoms. The quantitative estimate of drug-likeness (QED) is 0.852. The minimum atomic E-state index is -0.826. The molecule has 0 fully saturated rings. The summed E-state index contributed by atoms with van der Waals surface area (Å²) in [4.78, 5) is 14.6. The van der Waals surface area contributed by atoms with Gasteiger partial charge < -0.3 is 5.11 Å². The Kier molecular flexibility index (Phi) is 3.66. The number of rotatable bonds is 5. The van der Waals surface area contributed by atoms with E-state index in [2.05, 4.69) is 15.3 Å². The van der Waals surface area contributed by atoms with Crippen molar-refractivity contribution in [3.63, 3.8) is 0 Å². The Morgan fingerprint density at radius 1 is 1.44 bits per heavy atom. The van der Waals surface area contributed by atoms with Gasteiger partial charge in [0.25, 0.3) is 0 Å². The van der Waals surface area contributed by atoms with E-state index in [1.54, 1.807) is 23.3 Å². The molecule has 0 aromatic carbocycles. The summed E-state index contributed by atoms with van der Waals surface area (Å²) >= 11 is 0. The molecule has 2 aromatic heterocycles. The topological polar surface area (TPSA) is 80.9 Å². The Bertz CT molecular complexity index is 551. The van der Waals surface area contributed by atoms with E-state index < -0.39 is 5.97 Å². The van der Waals surface area contributed by atoms with Gasteiger partial charge in [0.15, 0.2) is 0 Å². The zero-order valence-corrected chi connectivity index (χ0v) is 10.1. The maximum absolute atomic E-state index is 10.4. The van der Waals surface area contributed by atoms with Gasteiger partial charge in [-0.25, -0.2) is 4.68 Å². The van der Waals surface area contributed by atoms with Gasteiger partial charge in [0, 0.05) is 25.0 Å². The van der Waals surface area contributed by atoms with E-state index in [4.69, 9.17) is 5.11 Å². The monoisotopic (exact) mass is 246 g/mol. The van der Waals surface area contributed by atoms with E-state index in [0.717, 1.165) is 11.1 Å². The number of pyridine rings is 1. The van der Waals surface area contributed by atoms with Crippen LogP contribution in [-0.2, 0) is 17.8 Å². The van der Waals surface area contributed by atoms with Crippen LogP contribution in [0, 0.1) is 6.92 Å². The molecule has 0 unspecified atom stereocenters. The zero-order chi connectivity index (χ0) is 13.0. The lowest BCUT2D eigenvalue weighted by Crippen LogP contribution is -2.01. The Hall–Kier alpha value is -2.24. The van der Waals surface area contributed by atoms with Crippen LogP contribution in [0.2, 0.25) is 0 Å².